The monoisotopic (exact) mass is 280 g/mol. The van der Waals surface area contributed by atoms with Crippen LogP contribution in [0.5, 0.6) is 0 Å². The lowest BCUT2D eigenvalue weighted by Crippen LogP contribution is -2.38. The Morgan fingerprint density at radius 2 is 2.25 bits per heavy atom. The highest BCUT2D eigenvalue weighted by Gasteiger charge is 2.18. The molecule has 1 aromatic rings. The fourth-order valence-corrected chi connectivity index (χ4v) is 2.44. The second-order valence-electron chi connectivity index (χ2n) is 5.01. The number of amides is 1. The van der Waals surface area contributed by atoms with Gasteiger partial charge in [0, 0.05) is 19.2 Å². The molecule has 110 valence electrons. The summed E-state index contributed by atoms with van der Waals surface area (Å²) >= 11 is 0. The first kappa shape index (κ1) is 14.5. The Bertz CT molecular complexity index is 535. The summed E-state index contributed by atoms with van der Waals surface area (Å²) < 4.78 is 6.07. The molecular weight excluding hydrogens is 260 g/mol. The Morgan fingerprint density at radius 3 is 2.85 bits per heavy atom. The number of anilines is 1. The lowest BCUT2D eigenvalue weighted by Gasteiger charge is -2.14. The van der Waals surface area contributed by atoms with E-state index >= 15 is 0 Å². The van der Waals surface area contributed by atoms with Crippen molar-refractivity contribution in [2.45, 2.75) is 44.9 Å². The van der Waals surface area contributed by atoms with E-state index in [1.807, 2.05) is 0 Å². The summed E-state index contributed by atoms with van der Waals surface area (Å²) in [7, 11) is 1.51. The van der Waals surface area contributed by atoms with Gasteiger partial charge in [0.15, 0.2) is 0 Å². The van der Waals surface area contributed by atoms with Crippen molar-refractivity contribution in [2.75, 3.05) is 12.8 Å². The van der Waals surface area contributed by atoms with E-state index < -0.39 is 0 Å². The van der Waals surface area contributed by atoms with E-state index in [1.54, 1.807) is 0 Å². The maximum absolute atomic E-state index is 11.9. The largest absolute Gasteiger partial charge is 0.378 e. The maximum atomic E-state index is 11.9. The van der Waals surface area contributed by atoms with Gasteiger partial charge < -0.3 is 15.8 Å². The summed E-state index contributed by atoms with van der Waals surface area (Å²) in [4.78, 5) is 27.9. The predicted molar refractivity (Wildman–Crippen MR) is 74.0 cm³/mol. The van der Waals surface area contributed by atoms with Crippen molar-refractivity contribution in [1.82, 2.24) is 14.9 Å². The summed E-state index contributed by atoms with van der Waals surface area (Å²) in [6.07, 6.45) is 4.28. The number of ether oxygens (including phenoxy) is 1. The molecule has 3 N–H and O–H groups in total. The van der Waals surface area contributed by atoms with Crippen molar-refractivity contribution in [3.63, 3.8) is 0 Å². The van der Waals surface area contributed by atoms with E-state index in [4.69, 9.17) is 10.5 Å². The highest BCUT2D eigenvalue weighted by molar-refractivity contribution is 5.76. The van der Waals surface area contributed by atoms with Crippen LogP contribution in [-0.4, -0.2) is 28.6 Å². The molecule has 7 heteroatoms. The number of carbonyl (C=O) groups is 1. The van der Waals surface area contributed by atoms with Crippen molar-refractivity contribution in [3.8, 4) is 0 Å². The first-order valence-corrected chi connectivity index (χ1v) is 6.74. The lowest BCUT2D eigenvalue weighted by molar-refractivity contribution is -0.122. The lowest BCUT2D eigenvalue weighted by atomic mass is 10.2. The Kier molecular flexibility index (Phi) is 4.73. The minimum Gasteiger partial charge on any atom is -0.378 e. The number of rotatable bonds is 5. The molecule has 1 amide bonds. The van der Waals surface area contributed by atoms with E-state index in [9.17, 15) is 9.59 Å². The Morgan fingerprint density at radius 1 is 1.55 bits per heavy atom. The molecule has 0 atom stereocenters. The quantitative estimate of drug-likeness (QED) is 0.792. The molecule has 1 aliphatic rings. The number of nitrogens with two attached hydrogens (primary N) is 1. The van der Waals surface area contributed by atoms with Crippen LogP contribution < -0.4 is 16.6 Å². The van der Waals surface area contributed by atoms with E-state index in [2.05, 4.69) is 10.3 Å². The molecule has 0 aliphatic heterocycles. The summed E-state index contributed by atoms with van der Waals surface area (Å²) in [5.74, 6) is -0.168. The highest BCUT2D eigenvalue weighted by atomic mass is 16.5. The summed E-state index contributed by atoms with van der Waals surface area (Å²) in [5, 5.41) is 2.91. The number of hydrogen-bond donors (Lipinski definition) is 2. The van der Waals surface area contributed by atoms with Crippen LogP contribution in [0.3, 0.4) is 0 Å². The van der Waals surface area contributed by atoms with Crippen LogP contribution in [0.1, 0.15) is 31.4 Å². The molecule has 1 saturated carbocycles. The average Bonchev–Trinajstić information content (AvgIpc) is 2.87. The van der Waals surface area contributed by atoms with Gasteiger partial charge in [0.2, 0.25) is 11.9 Å². The summed E-state index contributed by atoms with van der Waals surface area (Å²) in [6, 6.07) is 1.56. The smallest absolute Gasteiger partial charge is 0.255 e. The molecule has 1 fully saturated rings. The van der Waals surface area contributed by atoms with Gasteiger partial charge in [-0.1, -0.05) is 12.8 Å². The zero-order chi connectivity index (χ0) is 14.5. The molecule has 0 spiro atoms. The Hall–Kier alpha value is -1.89. The molecule has 7 nitrogen and oxygen atoms in total. The number of nitrogens with zero attached hydrogens (tertiary/aromatic N) is 2. The van der Waals surface area contributed by atoms with Gasteiger partial charge in [0.1, 0.15) is 6.54 Å². The molecule has 2 rings (SSSR count). The minimum absolute atomic E-state index is 0.0334. The van der Waals surface area contributed by atoms with Crippen LogP contribution in [0.2, 0.25) is 0 Å². The van der Waals surface area contributed by atoms with Crippen LogP contribution in [0.25, 0.3) is 0 Å². The van der Waals surface area contributed by atoms with E-state index in [1.165, 1.54) is 17.7 Å². The Balaban J connectivity index is 2.04. The molecule has 0 saturated heterocycles. The van der Waals surface area contributed by atoms with Crippen molar-refractivity contribution < 1.29 is 9.53 Å². The number of methoxy groups -OCH3 is 1. The molecule has 0 unspecified atom stereocenters. The molecule has 1 aromatic heterocycles. The fraction of sp³-hybridized carbons (Fsp3) is 0.615. The number of aromatic nitrogens is 2. The van der Waals surface area contributed by atoms with Gasteiger partial charge in [0.05, 0.1) is 12.3 Å². The molecule has 1 aliphatic carbocycles. The molecule has 0 bridgehead atoms. The van der Waals surface area contributed by atoms with Crippen LogP contribution in [-0.2, 0) is 22.7 Å². The molecule has 0 radical (unpaired) electrons. The minimum atomic E-state index is -0.342. The number of nitrogens with one attached hydrogen (secondary N) is 1. The molecule has 1 heterocycles. The standard InChI is InChI=1S/C13H20N4O3/c1-20-8-10-6-12(19)17(13(14)16-10)7-11(18)15-9-4-2-3-5-9/h6,9H,2-5,7-8H2,1H3,(H2,14,16)(H,15,18). The van der Waals surface area contributed by atoms with Gasteiger partial charge in [-0.25, -0.2) is 4.98 Å². The van der Waals surface area contributed by atoms with E-state index in [0.29, 0.717) is 5.69 Å². The normalized spacial score (nSPS) is 15.4. The summed E-state index contributed by atoms with van der Waals surface area (Å²) in [5.41, 5.74) is 5.84. The third kappa shape index (κ3) is 3.57. The van der Waals surface area contributed by atoms with E-state index in [-0.39, 0.29) is 36.6 Å². The number of hydrogen-bond acceptors (Lipinski definition) is 5. The van der Waals surface area contributed by atoms with Gasteiger partial charge >= 0.3 is 0 Å². The SMILES string of the molecule is COCc1cc(=O)n(CC(=O)NC2CCCC2)c(N)n1. The van der Waals surface area contributed by atoms with Crippen molar-refractivity contribution >= 4 is 11.9 Å². The fourth-order valence-electron chi connectivity index (χ4n) is 2.44. The second kappa shape index (κ2) is 6.51. The Labute approximate surface area is 117 Å². The van der Waals surface area contributed by atoms with Gasteiger partial charge in [-0.05, 0) is 12.8 Å². The molecule has 20 heavy (non-hydrogen) atoms. The molecule has 0 aromatic carbocycles. The molecular formula is C13H20N4O3. The third-order valence-electron chi connectivity index (χ3n) is 3.41. The van der Waals surface area contributed by atoms with Crippen molar-refractivity contribution in [2.24, 2.45) is 0 Å². The first-order valence-electron chi connectivity index (χ1n) is 6.74. The summed E-state index contributed by atoms with van der Waals surface area (Å²) in [6.45, 7) is 0.121. The van der Waals surface area contributed by atoms with Crippen molar-refractivity contribution in [1.29, 1.82) is 0 Å². The zero-order valence-electron chi connectivity index (χ0n) is 11.6. The van der Waals surface area contributed by atoms with Gasteiger partial charge in [-0.15, -0.1) is 0 Å². The van der Waals surface area contributed by atoms with Crippen molar-refractivity contribution in [3.05, 3.63) is 22.1 Å². The van der Waals surface area contributed by atoms with Gasteiger partial charge in [-0.2, -0.15) is 0 Å². The third-order valence-corrected chi connectivity index (χ3v) is 3.41. The van der Waals surface area contributed by atoms with Crippen LogP contribution in [0.4, 0.5) is 5.95 Å². The predicted octanol–water partition coefficient (Wildman–Crippen LogP) is 0.0307. The van der Waals surface area contributed by atoms with Gasteiger partial charge in [-0.3, -0.25) is 14.2 Å². The maximum Gasteiger partial charge on any atom is 0.255 e. The number of nitrogen functional groups attached to an aromatic ring is 1. The highest BCUT2D eigenvalue weighted by Crippen LogP contribution is 2.17. The van der Waals surface area contributed by atoms with Crippen LogP contribution in [0, 0.1) is 0 Å². The second-order valence-corrected chi connectivity index (χ2v) is 5.01. The first-order chi connectivity index (χ1) is 9.60. The average molecular weight is 280 g/mol. The zero-order valence-corrected chi connectivity index (χ0v) is 11.6. The topological polar surface area (TPSA) is 99.2 Å². The van der Waals surface area contributed by atoms with Crippen LogP contribution >= 0.6 is 0 Å². The number of carbonyl (C=O) groups excluding carboxylic acids is 1. The van der Waals surface area contributed by atoms with Gasteiger partial charge in [0.25, 0.3) is 5.56 Å². The van der Waals surface area contributed by atoms with Crippen LogP contribution in [0.15, 0.2) is 10.9 Å². The van der Waals surface area contributed by atoms with E-state index in [0.717, 1.165) is 25.7 Å².